The van der Waals surface area contributed by atoms with Gasteiger partial charge in [-0.2, -0.15) is 0 Å². The second-order valence-corrected chi connectivity index (χ2v) is 6.45. The number of ether oxygens (including phenoxy) is 1. The first-order valence-corrected chi connectivity index (χ1v) is 8.25. The van der Waals surface area contributed by atoms with Gasteiger partial charge in [-0.25, -0.2) is 0 Å². The van der Waals surface area contributed by atoms with E-state index >= 15 is 0 Å². The average molecular weight is 291 g/mol. The Morgan fingerprint density at radius 1 is 1.29 bits per heavy atom. The highest BCUT2D eigenvalue weighted by Gasteiger charge is 2.23. The number of aliphatic hydroxyl groups excluding tert-OH is 1. The normalized spacial score (nSPS) is 20.9. The van der Waals surface area contributed by atoms with E-state index in [9.17, 15) is 5.11 Å². The van der Waals surface area contributed by atoms with Crippen molar-refractivity contribution in [1.82, 2.24) is 4.90 Å². The third-order valence-corrected chi connectivity index (χ3v) is 4.13. The summed E-state index contributed by atoms with van der Waals surface area (Å²) < 4.78 is 5.63. The lowest BCUT2D eigenvalue weighted by Gasteiger charge is -2.20. The van der Waals surface area contributed by atoms with Gasteiger partial charge in [0, 0.05) is 13.1 Å². The SMILES string of the molecule is CCCC1CCN(CC(O)c2ccc(OC(C)C)cc2)C1. The number of hydrogen-bond donors (Lipinski definition) is 1. The van der Waals surface area contributed by atoms with Gasteiger partial charge in [0.1, 0.15) is 5.75 Å². The minimum absolute atomic E-state index is 0.181. The lowest BCUT2D eigenvalue weighted by Crippen LogP contribution is -2.26. The molecule has 0 saturated carbocycles. The molecule has 0 amide bonds. The van der Waals surface area contributed by atoms with Gasteiger partial charge in [-0.3, -0.25) is 0 Å². The van der Waals surface area contributed by atoms with E-state index in [1.165, 1.54) is 19.3 Å². The van der Waals surface area contributed by atoms with Gasteiger partial charge in [0.25, 0.3) is 0 Å². The van der Waals surface area contributed by atoms with E-state index in [1.807, 2.05) is 38.1 Å². The van der Waals surface area contributed by atoms with E-state index in [-0.39, 0.29) is 6.10 Å². The lowest BCUT2D eigenvalue weighted by molar-refractivity contribution is 0.124. The smallest absolute Gasteiger partial charge is 0.119 e. The summed E-state index contributed by atoms with van der Waals surface area (Å²) in [5.41, 5.74) is 0.977. The van der Waals surface area contributed by atoms with E-state index in [4.69, 9.17) is 4.74 Å². The van der Waals surface area contributed by atoms with E-state index < -0.39 is 6.10 Å². The van der Waals surface area contributed by atoms with Gasteiger partial charge in [0.15, 0.2) is 0 Å². The van der Waals surface area contributed by atoms with E-state index in [1.54, 1.807) is 0 Å². The van der Waals surface area contributed by atoms with E-state index in [2.05, 4.69) is 11.8 Å². The predicted molar refractivity (Wildman–Crippen MR) is 86.6 cm³/mol. The summed E-state index contributed by atoms with van der Waals surface area (Å²) in [5.74, 6) is 1.69. The van der Waals surface area contributed by atoms with Crippen molar-refractivity contribution in [3.8, 4) is 5.75 Å². The molecule has 1 aliphatic rings. The summed E-state index contributed by atoms with van der Waals surface area (Å²) in [6.45, 7) is 9.28. The van der Waals surface area contributed by atoms with Crippen molar-refractivity contribution in [3.63, 3.8) is 0 Å². The van der Waals surface area contributed by atoms with E-state index in [0.29, 0.717) is 0 Å². The molecule has 1 saturated heterocycles. The maximum atomic E-state index is 10.4. The quantitative estimate of drug-likeness (QED) is 0.832. The molecule has 21 heavy (non-hydrogen) atoms. The lowest BCUT2D eigenvalue weighted by atomic mass is 10.0. The fourth-order valence-electron chi connectivity index (χ4n) is 3.11. The Balaban J connectivity index is 1.84. The molecule has 1 aliphatic heterocycles. The molecular formula is C18H29NO2. The number of likely N-dealkylation sites (tertiary alicyclic amines) is 1. The summed E-state index contributed by atoms with van der Waals surface area (Å²) in [4.78, 5) is 2.39. The first-order valence-electron chi connectivity index (χ1n) is 8.25. The molecule has 1 aromatic carbocycles. The Labute approximate surface area is 128 Å². The second-order valence-electron chi connectivity index (χ2n) is 6.45. The van der Waals surface area contributed by atoms with Crippen LogP contribution in [0.5, 0.6) is 5.75 Å². The monoisotopic (exact) mass is 291 g/mol. The van der Waals surface area contributed by atoms with Crippen molar-refractivity contribution in [2.24, 2.45) is 5.92 Å². The predicted octanol–water partition coefficient (Wildman–Crippen LogP) is 3.63. The van der Waals surface area contributed by atoms with Gasteiger partial charge in [-0.05, 0) is 56.8 Å². The molecule has 3 heteroatoms. The Hall–Kier alpha value is -1.06. The fraction of sp³-hybridized carbons (Fsp3) is 0.667. The number of hydrogen-bond acceptors (Lipinski definition) is 3. The van der Waals surface area contributed by atoms with Crippen LogP contribution < -0.4 is 4.74 Å². The van der Waals surface area contributed by atoms with Crippen LogP contribution in [0.3, 0.4) is 0 Å². The summed E-state index contributed by atoms with van der Waals surface area (Å²) in [6, 6.07) is 7.84. The molecule has 1 heterocycles. The summed E-state index contributed by atoms with van der Waals surface area (Å²) in [5, 5.41) is 10.4. The zero-order chi connectivity index (χ0) is 15.2. The molecule has 2 rings (SSSR count). The first-order chi connectivity index (χ1) is 10.1. The van der Waals surface area contributed by atoms with Crippen molar-refractivity contribution >= 4 is 0 Å². The van der Waals surface area contributed by atoms with Gasteiger partial charge in [0.2, 0.25) is 0 Å². The largest absolute Gasteiger partial charge is 0.491 e. The van der Waals surface area contributed by atoms with Gasteiger partial charge in [-0.15, -0.1) is 0 Å². The number of nitrogens with zero attached hydrogens (tertiary/aromatic N) is 1. The summed E-state index contributed by atoms with van der Waals surface area (Å²) in [6.07, 6.45) is 3.63. The van der Waals surface area contributed by atoms with Crippen LogP contribution in [-0.2, 0) is 0 Å². The van der Waals surface area contributed by atoms with Gasteiger partial charge >= 0.3 is 0 Å². The molecule has 1 fully saturated rings. The molecular weight excluding hydrogens is 262 g/mol. The molecule has 0 aliphatic carbocycles. The summed E-state index contributed by atoms with van der Waals surface area (Å²) >= 11 is 0. The molecule has 1 aromatic rings. The minimum atomic E-state index is -0.404. The molecule has 2 atom stereocenters. The molecule has 0 spiro atoms. The second kappa shape index (κ2) is 7.81. The molecule has 118 valence electrons. The van der Waals surface area contributed by atoms with Crippen LogP contribution in [0.1, 0.15) is 51.7 Å². The third-order valence-electron chi connectivity index (χ3n) is 4.13. The van der Waals surface area contributed by atoms with Crippen molar-refractivity contribution in [3.05, 3.63) is 29.8 Å². The van der Waals surface area contributed by atoms with Crippen molar-refractivity contribution < 1.29 is 9.84 Å². The average Bonchev–Trinajstić information content (AvgIpc) is 2.86. The van der Waals surface area contributed by atoms with Gasteiger partial charge in [0.05, 0.1) is 12.2 Å². The van der Waals surface area contributed by atoms with Crippen LogP contribution in [0.4, 0.5) is 0 Å². The number of benzene rings is 1. The van der Waals surface area contributed by atoms with Crippen molar-refractivity contribution in [2.75, 3.05) is 19.6 Å². The van der Waals surface area contributed by atoms with Gasteiger partial charge in [-0.1, -0.05) is 25.5 Å². The molecule has 0 aromatic heterocycles. The zero-order valence-corrected chi connectivity index (χ0v) is 13.6. The van der Waals surface area contributed by atoms with Crippen LogP contribution in [0.2, 0.25) is 0 Å². The van der Waals surface area contributed by atoms with Crippen molar-refractivity contribution in [2.45, 2.75) is 52.2 Å². The maximum Gasteiger partial charge on any atom is 0.119 e. The topological polar surface area (TPSA) is 32.7 Å². The maximum absolute atomic E-state index is 10.4. The van der Waals surface area contributed by atoms with E-state index in [0.717, 1.165) is 36.9 Å². The fourth-order valence-corrected chi connectivity index (χ4v) is 3.11. The first kappa shape index (κ1) is 16.3. The third kappa shape index (κ3) is 5.01. The number of rotatable bonds is 7. The number of β-amino-alcohol motifs (C(OH)–C–C–N with tert-alkyl or cyclic N) is 1. The standard InChI is InChI=1S/C18H29NO2/c1-4-5-15-10-11-19(12-15)13-18(20)16-6-8-17(9-7-16)21-14(2)3/h6-9,14-15,18,20H,4-5,10-13H2,1-3H3. The Kier molecular flexibility index (Phi) is 6.07. The molecule has 0 bridgehead atoms. The van der Waals surface area contributed by atoms with Crippen LogP contribution >= 0.6 is 0 Å². The molecule has 0 radical (unpaired) electrons. The Morgan fingerprint density at radius 2 is 2.00 bits per heavy atom. The molecule has 2 unspecified atom stereocenters. The summed E-state index contributed by atoms with van der Waals surface area (Å²) in [7, 11) is 0. The van der Waals surface area contributed by atoms with Crippen molar-refractivity contribution in [1.29, 1.82) is 0 Å². The highest BCUT2D eigenvalue weighted by Crippen LogP contribution is 2.24. The van der Waals surface area contributed by atoms with Crippen LogP contribution in [0.25, 0.3) is 0 Å². The molecule has 1 N–H and O–H groups in total. The highest BCUT2D eigenvalue weighted by molar-refractivity contribution is 5.28. The number of aliphatic hydroxyl groups is 1. The van der Waals surface area contributed by atoms with Gasteiger partial charge < -0.3 is 14.7 Å². The Bertz CT molecular complexity index is 416. The zero-order valence-electron chi connectivity index (χ0n) is 13.6. The Morgan fingerprint density at radius 3 is 2.62 bits per heavy atom. The van der Waals surface area contributed by atoms with Crippen LogP contribution in [0, 0.1) is 5.92 Å². The minimum Gasteiger partial charge on any atom is -0.491 e. The highest BCUT2D eigenvalue weighted by atomic mass is 16.5. The van der Waals surface area contributed by atoms with Crippen LogP contribution in [0.15, 0.2) is 24.3 Å². The van der Waals surface area contributed by atoms with Crippen LogP contribution in [-0.4, -0.2) is 35.7 Å². The molecule has 3 nitrogen and oxygen atoms in total.